The zero-order valence-electron chi connectivity index (χ0n) is 21.0. The molecule has 1 aliphatic heterocycles. The van der Waals surface area contributed by atoms with Crippen LogP contribution < -0.4 is 21.1 Å². The van der Waals surface area contributed by atoms with Crippen molar-refractivity contribution in [3.05, 3.63) is 35.2 Å². The summed E-state index contributed by atoms with van der Waals surface area (Å²) in [5.74, 6) is 1.66. The van der Waals surface area contributed by atoms with Gasteiger partial charge >= 0.3 is 0 Å². The lowest BCUT2D eigenvalue weighted by atomic mass is 9.88. The molecule has 0 bridgehead atoms. The number of nitrogens with two attached hydrogens (primary N) is 1. The molecule has 1 saturated heterocycles. The smallest absolute Gasteiger partial charge is 0.271 e. The highest BCUT2D eigenvalue weighted by atomic mass is 16.5. The summed E-state index contributed by atoms with van der Waals surface area (Å²) in [7, 11) is 3.85. The lowest BCUT2D eigenvalue weighted by Crippen LogP contribution is -2.29. The normalized spacial score (nSPS) is 21.5. The van der Waals surface area contributed by atoms with E-state index in [9.17, 15) is 9.90 Å². The van der Waals surface area contributed by atoms with Crippen molar-refractivity contribution in [2.75, 3.05) is 37.9 Å². The molecule has 0 spiro atoms. The van der Waals surface area contributed by atoms with E-state index in [4.69, 9.17) is 15.5 Å². The lowest BCUT2D eigenvalue weighted by Gasteiger charge is -2.30. The van der Waals surface area contributed by atoms with E-state index in [2.05, 4.69) is 33.6 Å². The Hall–Kier alpha value is -2.91. The van der Waals surface area contributed by atoms with Crippen LogP contribution >= 0.6 is 0 Å². The first-order valence-electron chi connectivity index (χ1n) is 12.7. The second kappa shape index (κ2) is 11.2. The first-order chi connectivity index (χ1) is 16.9. The summed E-state index contributed by atoms with van der Waals surface area (Å²) >= 11 is 0. The van der Waals surface area contributed by atoms with E-state index in [-0.39, 0.29) is 17.8 Å². The van der Waals surface area contributed by atoms with Crippen LogP contribution in [-0.4, -0.2) is 65.3 Å². The number of benzene rings is 1. The molecule has 9 heteroatoms. The Balaban J connectivity index is 1.63. The van der Waals surface area contributed by atoms with E-state index in [1.807, 2.05) is 19.1 Å². The number of ether oxygens (including phenoxy) is 1. The highest BCUT2D eigenvalue weighted by molar-refractivity contribution is 5.96. The van der Waals surface area contributed by atoms with E-state index < -0.39 is 5.91 Å². The predicted molar refractivity (Wildman–Crippen MR) is 138 cm³/mol. The molecule has 5 N–H and O–H groups in total. The van der Waals surface area contributed by atoms with Gasteiger partial charge in [0.05, 0.1) is 18.9 Å². The van der Waals surface area contributed by atoms with Gasteiger partial charge in [-0.2, -0.15) is 0 Å². The van der Waals surface area contributed by atoms with Crippen molar-refractivity contribution in [3.8, 4) is 5.75 Å². The maximum atomic E-state index is 12.3. The SMILES string of the molecule is CCc1nc(C(N)=O)c(Nc2ccc(OC)c(C3CCN(C)CC3)c2)nc1N[C@H]1CC[C@H](O)CC1. The average molecular weight is 483 g/mol. The topological polar surface area (TPSA) is 126 Å². The Bertz CT molecular complexity index is 1030. The van der Waals surface area contributed by atoms with Gasteiger partial charge in [-0.15, -0.1) is 0 Å². The standard InChI is InChI=1S/C26H38N6O3/c1-4-21-25(28-17-5-8-19(33)9-6-17)31-26(23(30-21)24(27)34)29-18-7-10-22(35-3)20(15-18)16-11-13-32(2)14-12-16/h7,10,15-17,19,33H,4-6,8-9,11-14H2,1-3H3,(H2,27,34)(H2,28,29,31)/t17-,19-. The molecule has 2 aromatic rings. The first-order valence-corrected chi connectivity index (χ1v) is 12.7. The van der Waals surface area contributed by atoms with Crippen molar-refractivity contribution in [1.82, 2.24) is 14.9 Å². The number of likely N-dealkylation sites (tertiary alicyclic amines) is 1. The number of nitrogens with zero attached hydrogens (tertiary/aromatic N) is 3. The third-order valence-electron chi connectivity index (χ3n) is 7.22. The Labute approximate surface area is 207 Å². The molecule has 1 aliphatic carbocycles. The van der Waals surface area contributed by atoms with Gasteiger partial charge in [0.1, 0.15) is 11.6 Å². The molecule has 0 atom stereocenters. The van der Waals surface area contributed by atoms with Gasteiger partial charge in [-0.25, -0.2) is 9.97 Å². The number of hydrogen-bond donors (Lipinski definition) is 4. The second-order valence-electron chi connectivity index (χ2n) is 9.74. The van der Waals surface area contributed by atoms with Gasteiger partial charge in [-0.1, -0.05) is 6.92 Å². The Morgan fingerprint density at radius 3 is 2.49 bits per heavy atom. The molecule has 0 radical (unpaired) electrons. The minimum absolute atomic E-state index is 0.128. The van der Waals surface area contributed by atoms with Crippen molar-refractivity contribution < 1.29 is 14.6 Å². The zero-order valence-corrected chi connectivity index (χ0v) is 21.0. The number of hydrogen-bond acceptors (Lipinski definition) is 8. The van der Waals surface area contributed by atoms with E-state index in [1.165, 1.54) is 0 Å². The van der Waals surface area contributed by atoms with E-state index in [0.29, 0.717) is 29.7 Å². The molecular weight excluding hydrogens is 444 g/mol. The number of primary amides is 1. The molecule has 190 valence electrons. The van der Waals surface area contributed by atoms with Gasteiger partial charge in [-0.05, 0) is 94.8 Å². The van der Waals surface area contributed by atoms with Gasteiger partial charge in [0, 0.05) is 11.7 Å². The van der Waals surface area contributed by atoms with Crippen LogP contribution in [0.25, 0.3) is 0 Å². The number of nitrogens with one attached hydrogen (secondary N) is 2. The summed E-state index contributed by atoms with van der Waals surface area (Å²) in [6.07, 6.45) is 5.79. The van der Waals surface area contributed by atoms with E-state index in [1.54, 1.807) is 7.11 Å². The number of carbonyl (C=O) groups excluding carboxylic acids is 1. The average Bonchev–Trinajstić information content (AvgIpc) is 2.86. The minimum atomic E-state index is -0.619. The van der Waals surface area contributed by atoms with Crippen LogP contribution in [0.3, 0.4) is 0 Å². The highest BCUT2D eigenvalue weighted by Crippen LogP contribution is 2.36. The molecule has 1 aromatic heterocycles. The molecule has 4 rings (SSSR count). The lowest BCUT2D eigenvalue weighted by molar-refractivity contribution is 0.0996. The number of aliphatic hydroxyl groups is 1. The number of aromatic nitrogens is 2. The summed E-state index contributed by atoms with van der Waals surface area (Å²) in [5, 5.41) is 16.6. The number of aryl methyl sites for hydroxylation is 1. The maximum Gasteiger partial charge on any atom is 0.271 e. The Morgan fingerprint density at radius 2 is 1.86 bits per heavy atom. The van der Waals surface area contributed by atoms with Gasteiger partial charge < -0.3 is 31.1 Å². The summed E-state index contributed by atoms with van der Waals surface area (Å²) in [6, 6.07) is 6.18. The van der Waals surface area contributed by atoms with Crippen molar-refractivity contribution >= 4 is 23.2 Å². The number of carbonyl (C=O) groups is 1. The van der Waals surface area contributed by atoms with Crippen LogP contribution in [0.5, 0.6) is 5.75 Å². The second-order valence-corrected chi connectivity index (χ2v) is 9.74. The van der Waals surface area contributed by atoms with Crippen molar-refractivity contribution in [2.24, 2.45) is 5.73 Å². The summed E-state index contributed by atoms with van der Waals surface area (Å²) in [5.41, 5.74) is 8.49. The molecule has 2 fully saturated rings. The number of amides is 1. The van der Waals surface area contributed by atoms with Gasteiger partial charge in [0.15, 0.2) is 11.5 Å². The first kappa shape index (κ1) is 25.2. The number of anilines is 3. The molecule has 9 nitrogen and oxygen atoms in total. The van der Waals surface area contributed by atoms with Crippen LogP contribution in [0, 0.1) is 0 Å². The fourth-order valence-corrected chi connectivity index (χ4v) is 5.09. The fourth-order valence-electron chi connectivity index (χ4n) is 5.09. The fraction of sp³-hybridized carbons (Fsp3) is 0.577. The van der Waals surface area contributed by atoms with E-state index in [0.717, 1.165) is 68.6 Å². The molecule has 2 heterocycles. The highest BCUT2D eigenvalue weighted by Gasteiger charge is 2.24. The summed E-state index contributed by atoms with van der Waals surface area (Å²) < 4.78 is 5.66. The summed E-state index contributed by atoms with van der Waals surface area (Å²) in [6.45, 7) is 4.08. The Kier molecular flexibility index (Phi) is 8.07. The van der Waals surface area contributed by atoms with Crippen LogP contribution in [0.1, 0.15) is 73.1 Å². The zero-order chi connectivity index (χ0) is 24.9. The van der Waals surface area contributed by atoms with Gasteiger partial charge in [0.25, 0.3) is 5.91 Å². The third kappa shape index (κ3) is 6.02. The quantitative estimate of drug-likeness (QED) is 0.451. The van der Waals surface area contributed by atoms with Crippen molar-refractivity contribution in [1.29, 1.82) is 0 Å². The molecule has 35 heavy (non-hydrogen) atoms. The minimum Gasteiger partial charge on any atom is -0.496 e. The van der Waals surface area contributed by atoms with Gasteiger partial charge in [0.2, 0.25) is 0 Å². The summed E-state index contributed by atoms with van der Waals surface area (Å²) in [4.78, 5) is 24.0. The van der Waals surface area contributed by atoms with E-state index >= 15 is 0 Å². The molecule has 2 aliphatic rings. The molecular formula is C26H38N6O3. The largest absolute Gasteiger partial charge is 0.496 e. The van der Waals surface area contributed by atoms with Crippen LogP contribution in [0.2, 0.25) is 0 Å². The van der Waals surface area contributed by atoms with Crippen molar-refractivity contribution in [3.63, 3.8) is 0 Å². The molecule has 1 amide bonds. The molecule has 0 unspecified atom stereocenters. The van der Waals surface area contributed by atoms with Crippen molar-refractivity contribution in [2.45, 2.75) is 69.9 Å². The monoisotopic (exact) mass is 482 g/mol. The maximum absolute atomic E-state index is 12.3. The number of rotatable bonds is 8. The van der Waals surface area contributed by atoms with Crippen LogP contribution in [0.15, 0.2) is 18.2 Å². The number of methoxy groups -OCH3 is 1. The van der Waals surface area contributed by atoms with Gasteiger partial charge in [-0.3, -0.25) is 4.79 Å². The number of aliphatic hydroxyl groups excluding tert-OH is 1. The van der Waals surface area contributed by atoms with Crippen LogP contribution in [-0.2, 0) is 6.42 Å². The predicted octanol–water partition coefficient (Wildman–Crippen LogP) is 3.41. The number of piperidine rings is 1. The van der Waals surface area contributed by atoms with Crippen LogP contribution in [0.4, 0.5) is 17.3 Å². The molecule has 1 aromatic carbocycles. The third-order valence-corrected chi connectivity index (χ3v) is 7.22. The molecule has 1 saturated carbocycles. The Morgan fingerprint density at radius 1 is 1.14 bits per heavy atom.